The molecule has 188 valence electrons. The lowest BCUT2D eigenvalue weighted by molar-refractivity contribution is -0.244. The van der Waals surface area contributed by atoms with E-state index < -0.39 is 0 Å². The quantitative estimate of drug-likeness (QED) is 0.460. The zero-order chi connectivity index (χ0) is 24.0. The number of rotatable bonds is 3. The highest BCUT2D eigenvalue weighted by Gasteiger charge is 2.70. The minimum Gasteiger partial charge on any atom is -0.396 e. The van der Waals surface area contributed by atoms with Crippen molar-refractivity contribution in [2.45, 2.75) is 105 Å². The molecule has 0 aromatic carbocycles. The molecule has 0 saturated heterocycles. The van der Waals surface area contributed by atoms with Crippen molar-refractivity contribution in [3.8, 4) is 0 Å². The van der Waals surface area contributed by atoms with Crippen LogP contribution in [-0.2, 0) is 0 Å². The van der Waals surface area contributed by atoms with Gasteiger partial charge in [-0.15, -0.1) is 0 Å². The molecule has 5 rings (SSSR count). The van der Waals surface area contributed by atoms with Gasteiger partial charge in [0, 0.05) is 18.1 Å². The lowest BCUT2D eigenvalue weighted by Gasteiger charge is -2.73. The first kappa shape index (κ1) is 24.3. The van der Waals surface area contributed by atoms with Gasteiger partial charge in [-0.1, -0.05) is 39.8 Å². The number of hydrogen-bond donors (Lipinski definition) is 3. The largest absolute Gasteiger partial charge is 0.396 e. The summed E-state index contributed by atoms with van der Waals surface area (Å²) in [6, 6.07) is 0.117. The maximum Gasteiger partial charge on any atom is 0.0502 e. The average Bonchev–Trinajstić information content (AvgIpc) is 3.17. The molecule has 0 amide bonds. The Kier molecular flexibility index (Phi) is 5.57. The molecule has 0 aromatic heterocycles. The van der Waals surface area contributed by atoms with Crippen LogP contribution in [-0.4, -0.2) is 29.5 Å². The SMILES string of the molecule is C=C(C)C1CCC2(CO)CCC3(C)C(CCC4C5(C)CCC(N)C(C)(CO)C5CCC43C)C12. The van der Waals surface area contributed by atoms with Crippen LogP contribution in [0, 0.1) is 56.7 Å². The Bertz CT molecular complexity index is 811. The summed E-state index contributed by atoms with van der Waals surface area (Å²) in [5, 5.41) is 21.2. The van der Waals surface area contributed by atoms with Crippen LogP contribution < -0.4 is 5.73 Å². The Balaban J connectivity index is 1.55. The van der Waals surface area contributed by atoms with E-state index in [2.05, 4.69) is 41.2 Å². The maximum atomic E-state index is 10.7. The fourth-order valence-corrected chi connectivity index (χ4v) is 11.6. The molecule has 33 heavy (non-hydrogen) atoms. The first-order valence-electron chi connectivity index (χ1n) is 14.1. The van der Waals surface area contributed by atoms with Gasteiger partial charge >= 0.3 is 0 Å². The van der Waals surface area contributed by atoms with Gasteiger partial charge < -0.3 is 15.9 Å². The van der Waals surface area contributed by atoms with E-state index in [1.165, 1.54) is 63.4 Å². The molecule has 0 aliphatic heterocycles. The van der Waals surface area contributed by atoms with Crippen LogP contribution in [0.5, 0.6) is 0 Å². The van der Waals surface area contributed by atoms with Gasteiger partial charge in [-0.25, -0.2) is 0 Å². The van der Waals surface area contributed by atoms with Crippen molar-refractivity contribution in [1.29, 1.82) is 0 Å². The topological polar surface area (TPSA) is 66.5 Å². The highest BCUT2D eigenvalue weighted by Crippen LogP contribution is 2.77. The first-order valence-corrected chi connectivity index (χ1v) is 14.1. The molecular weight excluding hydrogens is 406 g/mol. The highest BCUT2D eigenvalue weighted by molar-refractivity contribution is 5.21. The normalized spacial score (nSPS) is 58.1. The van der Waals surface area contributed by atoms with E-state index >= 15 is 0 Å². The van der Waals surface area contributed by atoms with Gasteiger partial charge in [0.1, 0.15) is 0 Å². The fraction of sp³-hybridized carbons (Fsp3) is 0.933. The zero-order valence-corrected chi connectivity index (χ0v) is 22.1. The second-order valence-electron chi connectivity index (χ2n) is 14.5. The Morgan fingerprint density at radius 3 is 2.18 bits per heavy atom. The van der Waals surface area contributed by atoms with Crippen LogP contribution in [0.2, 0.25) is 0 Å². The number of nitrogens with two attached hydrogens (primary N) is 1. The molecule has 4 N–H and O–H groups in total. The molecule has 0 aromatic rings. The van der Waals surface area contributed by atoms with Crippen LogP contribution in [0.25, 0.3) is 0 Å². The van der Waals surface area contributed by atoms with Crippen molar-refractivity contribution in [3.05, 3.63) is 12.2 Å². The van der Waals surface area contributed by atoms with Gasteiger partial charge in [-0.2, -0.15) is 0 Å². The van der Waals surface area contributed by atoms with E-state index in [0.717, 1.165) is 6.42 Å². The van der Waals surface area contributed by atoms with Crippen molar-refractivity contribution in [1.82, 2.24) is 0 Å². The van der Waals surface area contributed by atoms with E-state index in [-0.39, 0.29) is 28.9 Å². The van der Waals surface area contributed by atoms with Gasteiger partial charge in [0.05, 0.1) is 6.61 Å². The van der Waals surface area contributed by atoms with Crippen molar-refractivity contribution in [2.24, 2.45) is 62.4 Å². The minimum atomic E-state index is -0.152. The van der Waals surface area contributed by atoms with Crippen LogP contribution in [0.1, 0.15) is 98.8 Å². The number of aliphatic hydroxyl groups excluding tert-OH is 2. The molecule has 3 nitrogen and oxygen atoms in total. The molecular formula is C30H51NO2. The summed E-state index contributed by atoms with van der Waals surface area (Å²) in [6.45, 7) is 17.4. The van der Waals surface area contributed by atoms with Crippen molar-refractivity contribution < 1.29 is 10.2 Å². The summed E-state index contributed by atoms with van der Waals surface area (Å²) in [5.41, 5.74) is 8.90. The summed E-state index contributed by atoms with van der Waals surface area (Å²) in [6.07, 6.45) is 12.2. The summed E-state index contributed by atoms with van der Waals surface area (Å²) < 4.78 is 0. The second-order valence-corrected chi connectivity index (χ2v) is 14.5. The molecule has 5 aliphatic rings. The standard InChI is InChI=1S/C30H51NO2/c1-19(2)20-9-14-30(18-33)16-15-28(5)21(25(20)30)7-8-23-26(3)12-11-24(31)27(4,17-32)22(26)10-13-29(23,28)6/h20-25,32-33H,1,7-18,31H2,2-6H3. The molecule has 3 heteroatoms. The Hall–Kier alpha value is -0.380. The molecule has 5 aliphatic carbocycles. The third kappa shape index (κ3) is 2.85. The first-order chi connectivity index (χ1) is 15.4. The van der Waals surface area contributed by atoms with E-state index in [1.54, 1.807) is 0 Å². The van der Waals surface area contributed by atoms with Crippen LogP contribution in [0.15, 0.2) is 12.2 Å². The number of allylic oxidation sites excluding steroid dienone is 1. The summed E-state index contributed by atoms with van der Waals surface area (Å²) in [5.74, 6) is 3.10. The van der Waals surface area contributed by atoms with Crippen molar-refractivity contribution in [2.75, 3.05) is 13.2 Å². The highest BCUT2D eigenvalue weighted by atomic mass is 16.3. The Morgan fingerprint density at radius 2 is 1.55 bits per heavy atom. The van der Waals surface area contributed by atoms with Crippen LogP contribution in [0.3, 0.4) is 0 Å². The van der Waals surface area contributed by atoms with Gasteiger partial charge in [-0.3, -0.25) is 0 Å². The molecule has 0 spiro atoms. The molecule has 0 bridgehead atoms. The van der Waals surface area contributed by atoms with Crippen molar-refractivity contribution in [3.63, 3.8) is 0 Å². The molecule has 5 fully saturated rings. The van der Waals surface area contributed by atoms with E-state index in [1.807, 2.05) is 0 Å². The number of hydrogen-bond acceptors (Lipinski definition) is 3. The van der Waals surface area contributed by atoms with Gasteiger partial charge in [0.2, 0.25) is 0 Å². The van der Waals surface area contributed by atoms with E-state index in [9.17, 15) is 10.2 Å². The number of fused-ring (bicyclic) bond motifs is 7. The minimum absolute atomic E-state index is 0.117. The van der Waals surface area contributed by atoms with Crippen LogP contribution in [0.4, 0.5) is 0 Å². The lowest BCUT2D eigenvalue weighted by Crippen LogP contribution is -2.68. The second kappa shape index (κ2) is 7.56. The average molecular weight is 458 g/mol. The fourth-order valence-electron chi connectivity index (χ4n) is 11.6. The van der Waals surface area contributed by atoms with Gasteiger partial charge in [0.25, 0.3) is 0 Å². The third-order valence-corrected chi connectivity index (χ3v) is 13.8. The third-order valence-electron chi connectivity index (χ3n) is 13.8. The Morgan fingerprint density at radius 1 is 0.818 bits per heavy atom. The summed E-state index contributed by atoms with van der Waals surface area (Å²) in [4.78, 5) is 0. The van der Waals surface area contributed by atoms with E-state index in [0.29, 0.717) is 47.0 Å². The zero-order valence-electron chi connectivity index (χ0n) is 22.1. The summed E-state index contributed by atoms with van der Waals surface area (Å²) >= 11 is 0. The predicted molar refractivity (Wildman–Crippen MR) is 135 cm³/mol. The molecule has 0 heterocycles. The Labute approximate surface area is 203 Å². The van der Waals surface area contributed by atoms with Gasteiger partial charge in [0.15, 0.2) is 0 Å². The number of aliphatic hydroxyl groups is 2. The lowest BCUT2D eigenvalue weighted by atomic mass is 9.32. The monoisotopic (exact) mass is 457 g/mol. The predicted octanol–water partition coefficient (Wildman–Crippen LogP) is 5.94. The smallest absolute Gasteiger partial charge is 0.0502 e. The van der Waals surface area contributed by atoms with Crippen molar-refractivity contribution >= 4 is 0 Å². The molecule has 5 saturated carbocycles. The molecule has 0 radical (unpaired) electrons. The summed E-state index contributed by atoms with van der Waals surface area (Å²) in [7, 11) is 0. The molecule has 11 unspecified atom stereocenters. The van der Waals surface area contributed by atoms with Gasteiger partial charge in [-0.05, 0) is 122 Å². The molecule has 11 atom stereocenters. The maximum absolute atomic E-state index is 10.7. The van der Waals surface area contributed by atoms with E-state index in [4.69, 9.17) is 5.73 Å². The van der Waals surface area contributed by atoms with Crippen LogP contribution >= 0.6 is 0 Å².